The van der Waals surface area contributed by atoms with Crippen LogP contribution in [0.5, 0.6) is 0 Å². The van der Waals surface area contributed by atoms with Crippen LogP contribution in [0, 0.1) is 0 Å². The molecule has 2 fully saturated rings. The highest BCUT2D eigenvalue weighted by Gasteiger charge is 2.43. The number of piperazine rings is 1. The van der Waals surface area contributed by atoms with Crippen molar-refractivity contribution in [3.05, 3.63) is 0 Å². The van der Waals surface area contributed by atoms with Gasteiger partial charge in [-0.1, -0.05) is 0 Å². The lowest BCUT2D eigenvalue weighted by molar-refractivity contribution is -0.0177. The Morgan fingerprint density at radius 2 is 2.57 bits per heavy atom. The van der Waals surface area contributed by atoms with Crippen molar-refractivity contribution in [2.24, 2.45) is 5.84 Å². The third kappa shape index (κ3) is 0.311. The van der Waals surface area contributed by atoms with Crippen LogP contribution in [0.2, 0.25) is 0 Å². The van der Waals surface area contributed by atoms with Crippen LogP contribution in [0.1, 0.15) is 0 Å². The second-order valence-electron chi connectivity index (χ2n) is 2.28. The van der Waals surface area contributed by atoms with E-state index in [0.717, 1.165) is 19.1 Å². The fraction of sp³-hybridized carbons (Fsp3) is 1.00. The third-order valence-corrected chi connectivity index (χ3v) is 1.89. The van der Waals surface area contributed by atoms with Gasteiger partial charge in [0.2, 0.25) is 0 Å². The first-order valence-electron chi connectivity index (χ1n) is 2.62. The fourth-order valence-corrected chi connectivity index (χ4v) is 1.15. The first-order chi connectivity index (χ1) is 3.38. The molecule has 2 rings (SSSR count). The van der Waals surface area contributed by atoms with Crippen molar-refractivity contribution in [2.75, 3.05) is 13.1 Å². The van der Waals surface area contributed by atoms with Crippen molar-refractivity contribution >= 4 is 0 Å². The monoisotopic (exact) mass is 99.1 g/mol. The normalized spacial score (nSPS) is 49.3. The highest BCUT2D eigenvalue weighted by molar-refractivity contribution is 5.03. The van der Waals surface area contributed by atoms with Gasteiger partial charge < -0.3 is 5.32 Å². The number of hydrazine groups is 1. The van der Waals surface area contributed by atoms with Gasteiger partial charge in [0, 0.05) is 19.1 Å². The summed E-state index contributed by atoms with van der Waals surface area (Å²) in [7, 11) is 0. The Balaban J connectivity index is 1.99. The zero-order chi connectivity index (χ0) is 4.85. The molecule has 2 heterocycles. The van der Waals surface area contributed by atoms with Gasteiger partial charge in [-0.2, -0.15) is 0 Å². The minimum Gasteiger partial charge on any atom is -0.309 e. The quantitative estimate of drug-likeness (QED) is 0.364. The Morgan fingerprint density at radius 1 is 1.71 bits per heavy atom. The number of rotatable bonds is 0. The summed E-state index contributed by atoms with van der Waals surface area (Å²) in [5.41, 5.74) is 0. The number of hydrogen-bond donors (Lipinski definition) is 2. The van der Waals surface area contributed by atoms with E-state index in [1.165, 1.54) is 0 Å². The molecule has 0 aromatic carbocycles. The lowest BCUT2D eigenvalue weighted by Gasteiger charge is -2.53. The molecule has 0 amide bonds. The molecule has 0 saturated carbocycles. The Kier molecular flexibility index (Phi) is 0.543. The fourth-order valence-electron chi connectivity index (χ4n) is 1.15. The van der Waals surface area contributed by atoms with E-state index < -0.39 is 0 Å². The maximum atomic E-state index is 5.46. The molecule has 0 bridgehead atoms. The predicted molar refractivity (Wildman–Crippen MR) is 26.5 cm³/mol. The summed E-state index contributed by atoms with van der Waals surface area (Å²) in [4.78, 5) is 0. The van der Waals surface area contributed by atoms with Crippen LogP contribution in [-0.4, -0.2) is 30.2 Å². The minimum absolute atomic E-state index is 0.681. The van der Waals surface area contributed by atoms with E-state index in [2.05, 4.69) is 5.32 Å². The maximum Gasteiger partial charge on any atom is 0.0532 e. The molecule has 2 aliphatic heterocycles. The third-order valence-electron chi connectivity index (χ3n) is 1.89. The average Bonchev–Trinajstić information content (AvgIpc) is 1.59. The van der Waals surface area contributed by atoms with E-state index in [9.17, 15) is 0 Å². The van der Waals surface area contributed by atoms with Crippen LogP contribution < -0.4 is 11.2 Å². The van der Waals surface area contributed by atoms with Crippen LogP contribution in [0.4, 0.5) is 0 Å². The van der Waals surface area contributed by atoms with Crippen LogP contribution >= 0.6 is 0 Å². The van der Waals surface area contributed by atoms with E-state index in [1.54, 1.807) is 0 Å². The zero-order valence-electron chi connectivity index (χ0n) is 4.09. The molecule has 3 heteroatoms. The second-order valence-corrected chi connectivity index (χ2v) is 2.28. The molecule has 40 valence electrons. The topological polar surface area (TPSA) is 41.3 Å². The van der Waals surface area contributed by atoms with E-state index in [4.69, 9.17) is 5.84 Å². The van der Waals surface area contributed by atoms with E-state index >= 15 is 0 Å². The van der Waals surface area contributed by atoms with Crippen molar-refractivity contribution in [3.63, 3.8) is 0 Å². The highest BCUT2D eigenvalue weighted by Crippen LogP contribution is 2.19. The highest BCUT2D eigenvalue weighted by atomic mass is 15.5. The molecule has 3 nitrogen and oxygen atoms in total. The van der Waals surface area contributed by atoms with Gasteiger partial charge in [-0.05, 0) is 0 Å². The standard InChI is InChI=1S/C4H9N3/c5-7-2-3-4(7)1-6-3/h3-4,6H,1-2,5H2/t3-,4?/m0/s1. The molecule has 3 N–H and O–H groups in total. The van der Waals surface area contributed by atoms with Crippen molar-refractivity contribution in [1.82, 2.24) is 10.3 Å². The van der Waals surface area contributed by atoms with Gasteiger partial charge >= 0.3 is 0 Å². The van der Waals surface area contributed by atoms with E-state index in [1.807, 2.05) is 5.01 Å². The van der Waals surface area contributed by atoms with E-state index in [0.29, 0.717) is 6.04 Å². The lowest BCUT2D eigenvalue weighted by Crippen LogP contribution is -2.79. The summed E-state index contributed by atoms with van der Waals surface area (Å²) in [5, 5.41) is 5.14. The molecule has 0 aromatic heterocycles. The van der Waals surface area contributed by atoms with Crippen LogP contribution in [0.15, 0.2) is 0 Å². The summed E-state index contributed by atoms with van der Waals surface area (Å²) >= 11 is 0. The molecular formula is C4H9N3. The number of nitrogens with zero attached hydrogens (tertiary/aromatic N) is 1. The van der Waals surface area contributed by atoms with Crippen LogP contribution in [-0.2, 0) is 0 Å². The molecule has 0 spiro atoms. The number of hydrogen-bond acceptors (Lipinski definition) is 3. The lowest BCUT2D eigenvalue weighted by atomic mass is 9.91. The van der Waals surface area contributed by atoms with Gasteiger partial charge in [0.25, 0.3) is 0 Å². The van der Waals surface area contributed by atoms with Crippen molar-refractivity contribution in [2.45, 2.75) is 12.1 Å². The van der Waals surface area contributed by atoms with Crippen molar-refractivity contribution < 1.29 is 0 Å². The number of fused-ring (bicyclic) bond motifs is 1. The van der Waals surface area contributed by atoms with Gasteiger partial charge in [0.15, 0.2) is 0 Å². The van der Waals surface area contributed by atoms with Gasteiger partial charge in [-0.15, -0.1) is 0 Å². The molecular weight excluding hydrogens is 90.1 g/mol. The average molecular weight is 99.1 g/mol. The largest absolute Gasteiger partial charge is 0.309 e. The molecule has 0 radical (unpaired) electrons. The Hall–Kier alpha value is -0.120. The summed E-state index contributed by atoms with van der Waals surface area (Å²) < 4.78 is 0. The number of nitrogens with one attached hydrogen (secondary N) is 1. The molecule has 1 unspecified atom stereocenters. The first kappa shape index (κ1) is 3.83. The Morgan fingerprint density at radius 3 is 2.57 bits per heavy atom. The predicted octanol–water partition coefficient (Wildman–Crippen LogP) is -1.48. The minimum atomic E-state index is 0.681. The zero-order valence-corrected chi connectivity index (χ0v) is 4.09. The van der Waals surface area contributed by atoms with Crippen LogP contribution in [0.25, 0.3) is 0 Å². The Labute approximate surface area is 42.4 Å². The van der Waals surface area contributed by atoms with Crippen LogP contribution in [0.3, 0.4) is 0 Å². The molecule has 2 atom stereocenters. The molecule has 0 aromatic rings. The van der Waals surface area contributed by atoms with E-state index in [-0.39, 0.29) is 0 Å². The Bertz CT molecular complexity index is 88.9. The molecule has 0 aliphatic carbocycles. The smallest absolute Gasteiger partial charge is 0.0532 e. The van der Waals surface area contributed by atoms with Gasteiger partial charge in [0.1, 0.15) is 0 Å². The number of nitrogens with two attached hydrogens (primary N) is 1. The summed E-state index contributed by atoms with van der Waals surface area (Å²) in [6, 6.07) is 1.42. The van der Waals surface area contributed by atoms with Gasteiger partial charge in [-0.25, -0.2) is 5.01 Å². The SMILES string of the molecule is NN1C[C@@H]2NCC21. The first-order valence-corrected chi connectivity index (χ1v) is 2.62. The molecule has 2 aliphatic rings. The molecule has 7 heavy (non-hydrogen) atoms. The summed E-state index contributed by atoms with van der Waals surface area (Å²) in [5.74, 6) is 5.46. The summed E-state index contributed by atoms with van der Waals surface area (Å²) in [6.45, 7) is 2.14. The molecule has 2 saturated heterocycles. The maximum absolute atomic E-state index is 5.46. The van der Waals surface area contributed by atoms with Crippen molar-refractivity contribution in [3.8, 4) is 0 Å². The van der Waals surface area contributed by atoms with Gasteiger partial charge in [0.05, 0.1) is 6.04 Å². The second kappa shape index (κ2) is 0.992. The van der Waals surface area contributed by atoms with Gasteiger partial charge in [-0.3, -0.25) is 5.84 Å². The van der Waals surface area contributed by atoms with Crippen molar-refractivity contribution in [1.29, 1.82) is 0 Å². The summed E-state index contributed by atoms with van der Waals surface area (Å²) in [6.07, 6.45) is 0.